The van der Waals surface area contributed by atoms with Gasteiger partial charge in [-0.3, -0.25) is 19.2 Å². The molecule has 6 rings (SSSR count). The smallest absolute Gasteiger partial charge is 0.310 e. The lowest BCUT2D eigenvalue weighted by atomic mass is 9.39. The van der Waals surface area contributed by atoms with E-state index in [1.165, 1.54) is 26.3 Å². The molecule has 256 valence electrons. The van der Waals surface area contributed by atoms with Crippen LogP contribution in [0.3, 0.4) is 0 Å². The van der Waals surface area contributed by atoms with Crippen molar-refractivity contribution in [3.63, 3.8) is 0 Å². The maximum Gasteiger partial charge on any atom is 0.310 e. The number of epoxide rings is 1. The molecule has 0 amide bonds. The summed E-state index contributed by atoms with van der Waals surface area (Å²) in [4.78, 5) is 50.6. The van der Waals surface area contributed by atoms with Crippen LogP contribution in [-0.2, 0) is 47.6 Å². The molecule has 0 aromatic carbocycles. The quantitative estimate of drug-likeness (QED) is 0.165. The molecule has 0 bridgehead atoms. The van der Waals surface area contributed by atoms with Crippen molar-refractivity contribution in [2.75, 3.05) is 0 Å². The van der Waals surface area contributed by atoms with E-state index in [0.29, 0.717) is 6.42 Å². The van der Waals surface area contributed by atoms with Crippen LogP contribution in [0.25, 0.3) is 0 Å². The van der Waals surface area contributed by atoms with E-state index in [9.17, 15) is 19.2 Å². The van der Waals surface area contributed by atoms with Crippen molar-refractivity contribution in [1.82, 2.24) is 0 Å². The summed E-state index contributed by atoms with van der Waals surface area (Å²) in [5.74, 6) is -1.79. The molecule has 10 heteroatoms. The maximum atomic E-state index is 13.2. The van der Waals surface area contributed by atoms with E-state index >= 15 is 0 Å². The molecule has 10 nitrogen and oxygen atoms in total. The second kappa shape index (κ2) is 10.8. The summed E-state index contributed by atoms with van der Waals surface area (Å²) in [6.07, 6.45) is 3.81. The van der Waals surface area contributed by atoms with Crippen molar-refractivity contribution in [3.05, 3.63) is 11.6 Å². The highest BCUT2D eigenvalue weighted by atomic mass is 16.7. The van der Waals surface area contributed by atoms with Crippen LogP contribution in [0.1, 0.15) is 108 Å². The largest absolute Gasteiger partial charge is 0.462 e. The Bertz CT molecular complexity index is 1350. The number of rotatable bonds is 5. The maximum absolute atomic E-state index is 13.2. The van der Waals surface area contributed by atoms with Gasteiger partial charge >= 0.3 is 23.9 Å². The average molecular weight is 645 g/mol. The molecule has 0 unspecified atom stereocenters. The standard InChI is InChI=1S/C36H52O10/c1-18(37)41-27-16-26-32(4,5)45-29(40)17-28(42-19(2)38)36(26,10)25-13-14-34(8)22(11-12-24(34)35(25,27)9)21-15-23(30-33(6,7)46-30)44-31(21)43-20(3)39/h12,21-23,25-28,30-31H,11,13-17H2,1-10H3/t21-,22-,23+,25-,26-,27+,28-,30-,31-,34-,35-,36+/m1/s1. The first-order valence-corrected chi connectivity index (χ1v) is 17.0. The molecule has 3 aliphatic carbocycles. The minimum absolute atomic E-state index is 0.0236. The highest BCUT2D eigenvalue weighted by Crippen LogP contribution is 2.73. The molecule has 12 atom stereocenters. The summed E-state index contributed by atoms with van der Waals surface area (Å²) in [6.45, 7) is 18.9. The number of hydrogen-bond donors (Lipinski definition) is 0. The highest BCUT2D eigenvalue weighted by molar-refractivity contribution is 5.73. The van der Waals surface area contributed by atoms with Crippen LogP contribution in [0.15, 0.2) is 11.6 Å². The van der Waals surface area contributed by atoms with Crippen LogP contribution >= 0.6 is 0 Å². The molecule has 5 fully saturated rings. The lowest BCUT2D eigenvalue weighted by molar-refractivity contribution is -0.228. The minimum atomic E-state index is -0.875. The van der Waals surface area contributed by atoms with Crippen LogP contribution in [-0.4, -0.2) is 65.8 Å². The normalized spacial score (nSPS) is 46.8. The average Bonchev–Trinajstić information content (AvgIpc) is 3.20. The van der Waals surface area contributed by atoms with Gasteiger partial charge in [0.2, 0.25) is 6.29 Å². The zero-order valence-electron chi connectivity index (χ0n) is 29.1. The van der Waals surface area contributed by atoms with Crippen LogP contribution in [0, 0.1) is 39.9 Å². The first-order chi connectivity index (χ1) is 21.2. The van der Waals surface area contributed by atoms with Gasteiger partial charge in [0.25, 0.3) is 0 Å². The number of fused-ring (bicyclic) bond motifs is 5. The van der Waals surface area contributed by atoms with Crippen molar-refractivity contribution < 1.29 is 47.6 Å². The summed E-state index contributed by atoms with van der Waals surface area (Å²) in [7, 11) is 0. The van der Waals surface area contributed by atoms with Gasteiger partial charge < -0.3 is 28.4 Å². The Kier molecular flexibility index (Phi) is 7.83. The van der Waals surface area contributed by atoms with Crippen LogP contribution in [0.2, 0.25) is 0 Å². The lowest BCUT2D eigenvalue weighted by Crippen LogP contribution is -2.67. The van der Waals surface area contributed by atoms with Gasteiger partial charge in [0.15, 0.2) is 0 Å². The molecule has 0 spiro atoms. The van der Waals surface area contributed by atoms with Crippen molar-refractivity contribution in [2.45, 2.75) is 150 Å². The third-order valence-electron chi connectivity index (χ3n) is 13.1. The fourth-order valence-corrected chi connectivity index (χ4v) is 11.3. The van der Waals surface area contributed by atoms with Crippen molar-refractivity contribution in [3.8, 4) is 0 Å². The fourth-order valence-electron chi connectivity index (χ4n) is 11.3. The molecule has 3 heterocycles. The second-order valence-electron chi connectivity index (χ2n) is 16.6. The van der Waals surface area contributed by atoms with E-state index in [-0.39, 0.29) is 65.3 Å². The Labute approximate surface area is 272 Å². The Morgan fingerprint density at radius 1 is 0.826 bits per heavy atom. The molecule has 0 aromatic heterocycles. The van der Waals surface area contributed by atoms with Gasteiger partial charge in [-0.2, -0.15) is 0 Å². The third kappa shape index (κ3) is 5.03. The molecular weight excluding hydrogens is 592 g/mol. The second-order valence-corrected chi connectivity index (χ2v) is 16.6. The van der Waals surface area contributed by atoms with Gasteiger partial charge in [-0.05, 0) is 77.0 Å². The number of carbonyl (C=O) groups is 4. The predicted molar refractivity (Wildman–Crippen MR) is 165 cm³/mol. The van der Waals surface area contributed by atoms with E-state index < -0.39 is 46.9 Å². The Morgan fingerprint density at radius 3 is 2.02 bits per heavy atom. The summed E-state index contributed by atoms with van der Waals surface area (Å²) in [5.41, 5.74) is -1.47. The number of ether oxygens (including phenoxy) is 6. The number of carbonyl (C=O) groups excluding carboxylic acids is 4. The van der Waals surface area contributed by atoms with Crippen molar-refractivity contribution >= 4 is 23.9 Å². The molecular formula is C36H52O10. The van der Waals surface area contributed by atoms with Crippen LogP contribution < -0.4 is 0 Å². The van der Waals surface area contributed by atoms with Gasteiger partial charge in [0.1, 0.15) is 23.9 Å². The molecule has 2 saturated carbocycles. The number of allylic oxidation sites excluding steroid dienone is 1. The minimum Gasteiger partial charge on any atom is -0.462 e. The van der Waals surface area contributed by atoms with Gasteiger partial charge in [0, 0.05) is 43.4 Å². The molecule has 0 aromatic rings. The predicted octanol–water partition coefficient (Wildman–Crippen LogP) is 5.44. The summed E-state index contributed by atoms with van der Waals surface area (Å²) < 4.78 is 36.5. The Hall–Kier alpha value is -2.46. The van der Waals surface area contributed by atoms with E-state index in [1.807, 2.05) is 13.8 Å². The number of esters is 4. The topological polar surface area (TPSA) is 127 Å². The molecule has 6 aliphatic rings. The van der Waals surface area contributed by atoms with Crippen LogP contribution in [0.5, 0.6) is 0 Å². The highest BCUT2D eigenvalue weighted by Gasteiger charge is 2.72. The van der Waals surface area contributed by atoms with Gasteiger partial charge in [-0.25, -0.2) is 0 Å². The first-order valence-electron chi connectivity index (χ1n) is 17.0. The Morgan fingerprint density at radius 2 is 1.43 bits per heavy atom. The molecule has 0 N–H and O–H groups in total. The fraction of sp³-hybridized carbons (Fsp3) is 0.833. The van der Waals surface area contributed by atoms with E-state index in [1.54, 1.807) is 0 Å². The first kappa shape index (κ1) is 33.4. The van der Waals surface area contributed by atoms with E-state index in [4.69, 9.17) is 28.4 Å². The lowest BCUT2D eigenvalue weighted by Gasteiger charge is -2.66. The van der Waals surface area contributed by atoms with Gasteiger partial charge in [-0.1, -0.05) is 32.4 Å². The zero-order chi connectivity index (χ0) is 33.8. The molecule has 0 radical (unpaired) electrons. The number of cyclic esters (lactones) is 1. The molecule has 46 heavy (non-hydrogen) atoms. The molecule has 3 aliphatic heterocycles. The molecule has 3 saturated heterocycles. The van der Waals surface area contributed by atoms with Gasteiger partial charge in [0.05, 0.1) is 18.1 Å². The third-order valence-corrected chi connectivity index (χ3v) is 13.1. The van der Waals surface area contributed by atoms with E-state index in [0.717, 1.165) is 25.7 Å². The van der Waals surface area contributed by atoms with E-state index in [2.05, 4.69) is 40.7 Å². The monoisotopic (exact) mass is 644 g/mol. The Balaban J connectivity index is 1.41. The van der Waals surface area contributed by atoms with Crippen molar-refractivity contribution in [1.29, 1.82) is 0 Å². The van der Waals surface area contributed by atoms with Gasteiger partial charge in [-0.15, -0.1) is 0 Å². The van der Waals surface area contributed by atoms with Crippen LogP contribution in [0.4, 0.5) is 0 Å². The van der Waals surface area contributed by atoms with Crippen molar-refractivity contribution in [2.24, 2.45) is 39.9 Å². The number of hydrogen-bond acceptors (Lipinski definition) is 10. The SMILES string of the molecule is CC(=O)O[C@@H]1O[C@H]([C@H]2OC2(C)C)C[C@@H]1[C@H]1CC=C2[C@@]3(C)[C@@H](OC(C)=O)C[C@@H]4C(C)(C)OC(=O)C[C@@H](OC(C)=O)[C@@]4(C)[C@@H]3CC[C@@]21C. The summed E-state index contributed by atoms with van der Waals surface area (Å²) in [6, 6.07) is 0. The summed E-state index contributed by atoms with van der Waals surface area (Å²) in [5, 5.41) is 0. The zero-order valence-corrected chi connectivity index (χ0v) is 29.1. The summed E-state index contributed by atoms with van der Waals surface area (Å²) >= 11 is 0.